The van der Waals surface area contributed by atoms with Crippen molar-refractivity contribution in [3.63, 3.8) is 0 Å². The molecule has 0 aliphatic carbocycles. The SMILES string of the molecule is [2H]C(=O)c1ccc(Br)cc1. The van der Waals surface area contributed by atoms with E-state index in [9.17, 15) is 4.79 Å². The quantitative estimate of drug-likeness (QED) is 0.614. The second-order valence-electron chi connectivity index (χ2n) is 1.61. The summed E-state index contributed by atoms with van der Waals surface area (Å²) in [6, 6.07) is 6.70. The third-order valence-corrected chi connectivity index (χ3v) is 1.49. The Bertz CT molecular complexity index is 242. The Hall–Kier alpha value is -0.630. The minimum absolute atomic E-state index is 0.420. The molecule has 0 fully saturated rings. The van der Waals surface area contributed by atoms with Gasteiger partial charge < -0.3 is 0 Å². The first kappa shape index (κ1) is 5.18. The zero-order valence-corrected chi connectivity index (χ0v) is 6.18. The van der Waals surface area contributed by atoms with Crippen LogP contribution in [0.1, 0.15) is 11.7 Å². The number of halogens is 1. The van der Waals surface area contributed by atoms with Crippen molar-refractivity contribution in [2.75, 3.05) is 0 Å². The van der Waals surface area contributed by atoms with E-state index in [1.165, 1.54) is 0 Å². The highest BCUT2D eigenvalue weighted by atomic mass is 79.9. The van der Waals surface area contributed by atoms with Crippen LogP contribution in [0.15, 0.2) is 28.7 Å². The molecule has 1 rings (SSSR count). The number of benzene rings is 1. The van der Waals surface area contributed by atoms with Crippen LogP contribution in [0.3, 0.4) is 0 Å². The van der Waals surface area contributed by atoms with Crippen LogP contribution < -0.4 is 0 Å². The fourth-order valence-corrected chi connectivity index (χ4v) is 0.782. The number of carbonyl (C=O) groups is 1. The Morgan fingerprint density at radius 1 is 1.44 bits per heavy atom. The number of rotatable bonds is 1. The highest BCUT2D eigenvalue weighted by Gasteiger charge is 1.86. The Balaban J connectivity index is 3.00. The van der Waals surface area contributed by atoms with Crippen LogP contribution in [0.25, 0.3) is 0 Å². The van der Waals surface area contributed by atoms with Gasteiger partial charge in [0.1, 0.15) is 7.63 Å². The fourth-order valence-electron chi connectivity index (χ4n) is 0.518. The molecule has 0 aliphatic rings. The van der Waals surface area contributed by atoms with E-state index >= 15 is 0 Å². The third-order valence-electron chi connectivity index (χ3n) is 0.962. The van der Waals surface area contributed by atoms with Gasteiger partial charge >= 0.3 is 0 Å². The molecule has 0 saturated heterocycles. The lowest BCUT2D eigenvalue weighted by Crippen LogP contribution is -1.75. The molecular formula is C7H5BrO. The van der Waals surface area contributed by atoms with Gasteiger partial charge in [0.25, 0.3) is 0 Å². The molecule has 0 atom stereocenters. The number of carbonyl (C=O) groups excluding carboxylic acids is 1. The monoisotopic (exact) mass is 185 g/mol. The standard InChI is InChI=1S/C7H5BrO/c8-7-3-1-6(5-9)2-4-7/h1-5H/i5D. The maximum atomic E-state index is 10.4. The van der Waals surface area contributed by atoms with Crippen molar-refractivity contribution in [2.24, 2.45) is 0 Å². The fraction of sp³-hybridized carbons (Fsp3) is 0. The van der Waals surface area contributed by atoms with Gasteiger partial charge in [-0.25, -0.2) is 0 Å². The van der Waals surface area contributed by atoms with Crippen molar-refractivity contribution in [3.05, 3.63) is 34.3 Å². The normalized spacial score (nSPS) is 10.6. The third kappa shape index (κ3) is 1.64. The van der Waals surface area contributed by atoms with Crippen molar-refractivity contribution in [3.8, 4) is 0 Å². The summed E-state index contributed by atoms with van der Waals surface area (Å²) in [5, 5.41) is 0. The Morgan fingerprint density at radius 2 is 2.00 bits per heavy atom. The van der Waals surface area contributed by atoms with E-state index < -0.39 is 6.26 Å². The molecule has 0 aliphatic heterocycles. The summed E-state index contributed by atoms with van der Waals surface area (Å²) in [6.07, 6.45) is -0.646. The number of hydrogen-bond donors (Lipinski definition) is 0. The van der Waals surface area contributed by atoms with E-state index in [1.807, 2.05) is 0 Å². The molecule has 2 heteroatoms. The van der Waals surface area contributed by atoms with E-state index in [4.69, 9.17) is 1.37 Å². The summed E-state index contributed by atoms with van der Waals surface area (Å²) < 4.78 is 7.65. The van der Waals surface area contributed by atoms with Gasteiger partial charge in [-0.1, -0.05) is 28.1 Å². The minimum atomic E-state index is -0.646. The molecule has 1 aromatic carbocycles. The number of hydrogen-bond acceptors (Lipinski definition) is 1. The predicted octanol–water partition coefficient (Wildman–Crippen LogP) is 2.26. The van der Waals surface area contributed by atoms with Gasteiger partial charge in [-0.2, -0.15) is 0 Å². The van der Waals surface area contributed by atoms with Crippen LogP contribution >= 0.6 is 15.9 Å². The van der Waals surface area contributed by atoms with Gasteiger partial charge in [-0.15, -0.1) is 0 Å². The van der Waals surface area contributed by atoms with E-state index in [-0.39, 0.29) is 0 Å². The molecule has 0 N–H and O–H groups in total. The summed E-state index contributed by atoms with van der Waals surface area (Å²) in [5.41, 5.74) is 0.420. The van der Waals surface area contributed by atoms with E-state index in [1.54, 1.807) is 24.3 Å². The molecule has 0 unspecified atom stereocenters. The van der Waals surface area contributed by atoms with Gasteiger partial charge in [-0.05, 0) is 12.1 Å². The topological polar surface area (TPSA) is 17.1 Å². The van der Waals surface area contributed by atoms with E-state index in [0.717, 1.165) is 4.47 Å². The Kier molecular flexibility index (Phi) is 1.60. The maximum absolute atomic E-state index is 10.4. The lowest BCUT2D eigenvalue weighted by Gasteiger charge is -1.87. The summed E-state index contributed by atoms with van der Waals surface area (Å²) in [4.78, 5) is 10.4. The average molecular weight is 186 g/mol. The second kappa shape index (κ2) is 2.78. The molecule has 0 spiro atoms. The van der Waals surface area contributed by atoms with Crippen molar-refractivity contribution in [1.29, 1.82) is 0 Å². The molecule has 1 nitrogen and oxygen atoms in total. The summed E-state index contributed by atoms with van der Waals surface area (Å²) >= 11 is 3.22. The van der Waals surface area contributed by atoms with E-state index in [0.29, 0.717) is 5.56 Å². The molecule has 46 valence electrons. The molecular weight excluding hydrogens is 180 g/mol. The highest BCUT2D eigenvalue weighted by Crippen LogP contribution is 2.08. The van der Waals surface area contributed by atoms with Crippen molar-refractivity contribution >= 4 is 22.2 Å². The Labute approximate surface area is 63.2 Å². The maximum Gasteiger partial charge on any atom is 0.150 e. The van der Waals surface area contributed by atoms with Gasteiger partial charge in [0.15, 0.2) is 0 Å². The van der Waals surface area contributed by atoms with Gasteiger partial charge in [0, 0.05) is 10.0 Å². The predicted molar refractivity (Wildman–Crippen MR) is 39.5 cm³/mol. The molecule has 1 aromatic rings. The second-order valence-corrected chi connectivity index (χ2v) is 2.52. The molecule has 0 amide bonds. The summed E-state index contributed by atoms with van der Waals surface area (Å²) in [6.45, 7) is 0. The first-order valence-corrected chi connectivity index (χ1v) is 3.26. The van der Waals surface area contributed by atoms with E-state index in [2.05, 4.69) is 15.9 Å². The molecule has 0 saturated carbocycles. The summed E-state index contributed by atoms with van der Waals surface area (Å²) in [7, 11) is 0. The molecule has 0 bridgehead atoms. The number of aldehydes is 1. The van der Waals surface area contributed by atoms with Crippen molar-refractivity contribution in [1.82, 2.24) is 0 Å². The zero-order valence-electron chi connectivity index (χ0n) is 5.60. The smallest absolute Gasteiger partial charge is 0.150 e. The first-order chi connectivity index (χ1) is 4.70. The lowest BCUT2D eigenvalue weighted by molar-refractivity contribution is 0.112. The highest BCUT2D eigenvalue weighted by molar-refractivity contribution is 9.10. The average Bonchev–Trinajstić information content (AvgIpc) is 1.88. The van der Waals surface area contributed by atoms with Gasteiger partial charge in [0.05, 0.1) is 0 Å². The van der Waals surface area contributed by atoms with Gasteiger partial charge in [0.2, 0.25) is 0 Å². The van der Waals surface area contributed by atoms with Crippen LogP contribution in [0, 0.1) is 0 Å². The largest absolute Gasteiger partial charge is 0.298 e. The van der Waals surface area contributed by atoms with Crippen LogP contribution in [0.4, 0.5) is 0 Å². The summed E-state index contributed by atoms with van der Waals surface area (Å²) in [5.74, 6) is 0. The first-order valence-electron chi connectivity index (χ1n) is 2.96. The molecule has 9 heavy (non-hydrogen) atoms. The van der Waals surface area contributed by atoms with Crippen LogP contribution in [-0.2, 0) is 0 Å². The van der Waals surface area contributed by atoms with Crippen molar-refractivity contribution < 1.29 is 6.17 Å². The molecule has 0 aromatic heterocycles. The molecule has 0 radical (unpaired) electrons. The van der Waals surface area contributed by atoms with Crippen LogP contribution in [-0.4, -0.2) is 6.26 Å². The zero-order chi connectivity index (χ0) is 7.56. The molecule has 0 heterocycles. The lowest BCUT2D eigenvalue weighted by atomic mass is 10.2. The Morgan fingerprint density at radius 3 is 2.44 bits per heavy atom. The van der Waals surface area contributed by atoms with Crippen LogP contribution in [0.2, 0.25) is 0 Å². The minimum Gasteiger partial charge on any atom is -0.298 e. The van der Waals surface area contributed by atoms with Crippen LogP contribution in [0.5, 0.6) is 0 Å². The van der Waals surface area contributed by atoms with Gasteiger partial charge in [-0.3, -0.25) is 4.79 Å². The van der Waals surface area contributed by atoms with Crippen molar-refractivity contribution in [2.45, 2.75) is 0 Å².